The van der Waals surface area contributed by atoms with Gasteiger partial charge in [-0.25, -0.2) is 0 Å². The van der Waals surface area contributed by atoms with E-state index in [0.29, 0.717) is 17.8 Å². The van der Waals surface area contributed by atoms with Gasteiger partial charge < -0.3 is 19.3 Å². The van der Waals surface area contributed by atoms with Gasteiger partial charge >= 0.3 is 0 Å². The number of rotatable bonds is 3. The van der Waals surface area contributed by atoms with Crippen LogP contribution in [0.15, 0.2) is 23.8 Å². The maximum atomic E-state index is 13.2. The maximum Gasteiger partial charge on any atom is 0.189 e. The van der Waals surface area contributed by atoms with E-state index in [0.717, 1.165) is 44.9 Å². The Balaban J connectivity index is 1.29. The maximum absolute atomic E-state index is 13.2. The molecule has 0 spiro atoms. The Bertz CT molecular complexity index is 972. The van der Waals surface area contributed by atoms with Gasteiger partial charge in [-0.3, -0.25) is 4.79 Å². The zero-order valence-corrected chi connectivity index (χ0v) is 21.7. The van der Waals surface area contributed by atoms with Crippen molar-refractivity contribution in [1.29, 1.82) is 0 Å². The second-order valence-corrected chi connectivity index (χ2v) is 13.1. The molecular formula is C29H42O5. The monoisotopic (exact) mass is 470 g/mol. The number of carbonyl (C=O) groups excluding carboxylic acids is 1. The highest BCUT2D eigenvalue weighted by molar-refractivity contribution is 5.98. The van der Waals surface area contributed by atoms with Crippen molar-refractivity contribution in [3.05, 3.63) is 23.8 Å². The SMILES string of the molecule is COC1OC(C(C)C2(O)CCC3C4CC=C5CC=CC(=O)C5(C)C4CCC32C)CC2(C)OC12C. The molecule has 188 valence electrons. The summed E-state index contributed by atoms with van der Waals surface area (Å²) in [5, 5.41) is 12.5. The number of allylic oxidation sites excluding steroid dienone is 4. The third-order valence-corrected chi connectivity index (χ3v) is 12.1. The lowest BCUT2D eigenvalue weighted by Gasteiger charge is -2.59. The van der Waals surface area contributed by atoms with E-state index in [1.807, 2.05) is 12.2 Å². The minimum atomic E-state index is -0.800. The van der Waals surface area contributed by atoms with E-state index >= 15 is 0 Å². The number of hydrogen-bond acceptors (Lipinski definition) is 5. The summed E-state index contributed by atoms with van der Waals surface area (Å²) < 4.78 is 18.3. The Labute approximate surface area is 204 Å². The van der Waals surface area contributed by atoms with E-state index in [9.17, 15) is 9.90 Å². The third-order valence-electron chi connectivity index (χ3n) is 12.1. The van der Waals surface area contributed by atoms with Crippen molar-refractivity contribution in [2.75, 3.05) is 7.11 Å². The molecule has 0 radical (unpaired) electrons. The Hall–Kier alpha value is -1.01. The van der Waals surface area contributed by atoms with Crippen LogP contribution in [-0.4, -0.2) is 47.2 Å². The molecule has 4 aliphatic carbocycles. The molecule has 0 bridgehead atoms. The van der Waals surface area contributed by atoms with Crippen LogP contribution in [0.5, 0.6) is 0 Å². The predicted molar refractivity (Wildman–Crippen MR) is 129 cm³/mol. The predicted octanol–water partition coefficient (Wildman–Crippen LogP) is 4.97. The molecule has 34 heavy (non-hydrogen) atoms. The minimum Gasteiger partial charge on any atom is -0.389 e. The number of hydrogen-bond donors (Lipinski definition) is 1. The molecular weight excluding hydrogens is 428 g/mol. The van der Waals surface area contributed by atoms with Gasteiger partial charge in [0.2, 0.25) is 0 Å². The fourth-order valence-electron chi connectivity index (χ4n) is 9.55. The second-order valence-electron chi connectivity index (χ2n) is 13.1. The number of ether oxygens (including phenoxy) is 3. The van der Waals surface area contributed by atoms with Crippen molar-refractivity contribution < 1.29 is 24.1 Å². The average Bonchev–Trinajstić information content (AvgIpc) is 3.27. The van der Waals surface area contributed by atoms with Crippen LogP contribution in [0.25, 0.3) is 0 Å². The molecule has 0 aromatic carbocycles. The molecule has 1 N–H and O–H groups in total. The number of epoxide rings is 1. The summed E-state index contributed by atoms with van der Waals surface area (Å²) in [6, 6.07) is 0. The molecule has 2 saturated carbocycles. The van der Waals surface area contributed by atoms with Gasteiger partial charge in [-0.1, -0.05) is 31.6 Å². The van der Waals surface area contributed by atoms with E-state index in [1.54, 1.807) is 7.11 Å². The van der Waals surface area contributed by atoms with Crippen molar-refractivity contribution in [2.24, 2.45) is 34.5 Å². The van der Waals surface area contributed by atoms with Crippen LogP contribution in [0.3, 0.4) is 0 Å². The lowest BCUT2D eigenvalue weighted by atomic mass is 9.46. The van der Waals surface area contributed by atoms with Crippen molar-refractivity contribution in [3.63, 3.8) is 0 Å². The molecule has 4 fully saturated rings. The normalized spacial score (nSPS) is 56.6. The van der Waals surface area contributed by atoms with E-state index in [4.69, 9.17) is 14.2 Å². The topological polar surface area (TPSA) is 68.3 Å². The first-order valence-electron chi connectivity index (χ1n) is 13.5. The summed E-state index contributed by atoms with van der Waals surface area (Å²) >= 11 is 0. The molecule has 5 heteroatoms. The number of aliphatic hydroxyl groups is 1. The largest absolute Gasteiger partial charge is 0.389 e. The van der Waals surface area contributed by atoms with Crippen molar-refractivity contribution in [2.45, 2.75) is 109 Å². The highest BCUT2D eigenvalue weighted by Crippen LogP contribution is 2.68. The highest BCUT2D eigenvalue weighted by atomic mass is 16.7. The van der Waals surface area contributed by atoms with Crippen molar-refractivity contribution in [1.82, 2.24) is 0 Å². The van der Waals surface area contributed by atoms with Crippen LogP contribution in [0.1, 0.15) is 79.6 Å². The zero-order chi connectivity index (χ0) is 24.3. The first kappa shape index (κ1) is 23.4. The van der Waals surface area contributed by atoms with E-state index in [-0.39, 0.29) is 34.2 Å². The third kappa shape index (κ3) is 2.63. The molecule has 0 aromatic rings. The standard InChI is InChI=1S/C29H42O5/c1-17(22-16-26(3)28(5,34-26)24(32-6)33-22)29(31)15-13-20-19-11-10-18-8-7-9-23(30)27(18,4)21(19)12-14-25(20,29)2/h7,9-10,17,19-22,24,31H,8,11-16H2,1-6H3. The van der Waals surface area contributed by atoms with Gasteiger partial charge in [0, 0.05) is 19.4 Å². The van der Waals surface area contributed by atoms with Crippen LogP contribution in [0, 0.1) is 34.5 Å². The summed E-state index contributed by atoms with van der Waals surface area (Å²) in [7, 11) is 1.68. The van der Waals surface area contributed by atoms with Crippen LogP contribution >= 0.6 is 0 Å². The number of carbonyl (C=O) groups is 1. The molecule has 11 atom stereocenters. The molecule has 2 saturated heterocycles. The molecule has 2 aliphatic heterocycles. The number of fused-ring (bicyclic) bond motifs is 6. The first-order chi connectivity index (χ1) is 15.9. The molecule has 11 unspecified atom stereocenters. The van der Waals surface area contributed by atoms with Crippen molar-refractivity contribution in [3.8, 4) is 0 Å². The van der Waals surface area contributed by atoms with Crippen LogP contribution in [0.2, 0.25) is 0 Å². The van der Waals surface area contributed by atoms with Crippen LogP contribution in [0.4, 0.5) is 0 Å². The Kier molecular flexibility index (Phi) is 4.85. The van der Waals surface area contributed by atoms with Gasteiger partial charge in [0.15, 0.2) is 12.1 Å². The van der Waals surface area contributed by atoms with E-state index in [2.05, 4.69) is 40.7 Å². The quantitative estimate of drug-likeness (QED) is 0.466. The summed E-state index contributed by atoms with van der Waals surface area (Å²) in [6.45, 7) is 10.9. The van der Waals surface area contributed by atoms with Gasteiger partial charge in [0.1, 0.15) is 11.2 Å². The molecule has 6 aliphatic rings. The number of methoxy groups -OCH3 is 1. The fourth-order valence-corrected chi connectivity index (χ4v) is 9.55. The summed E-state index contributed by atoms with van der Waals surface area (Å²) in [4.78, 5) is 13.2. The van der Waals surface area contributed by atoms with Gasteiger partial charge in [-0.2, -0.15) is 0 Å². The summed E-state index contributed by atoms with van der Waals surface area (Å²) in [5.41, 5.74) is -0.665. The Morgan fingerprint density at radius 1 is 1.15 bits per heavy atom. The molecule has 0 amide bonds. The summed E-state index contributed by atoms with van der Waals surface area (Å²) in [6.07, 6.45) is 12.2. The smallest absolute Gasteiger partial charge is 0.189 e. The van der Waals surface area contributed by atoms with E-state index < -0.39 is 17.5 Å². The molecule has 0 aromatic heterocycles. The molecule has 5 nitrogen and oxygen atoms in total. The van der Waals surface area contributed by atoms with Gasteiger partial charge in [0.05, 0.1) is 17.1 Å². The Morgan fingerprint density at radius 3 is 2.62 bits per heavy atom. The lowest BCUT2D eigenvalue weighted by molar-refractivity contribution is -0.240. The number of ketones is 1. The van der Waals surface area contributed by atoms with E-state index in [1.165, 1.54) is 5.57 Å². The van der Waals surface area contributed by atoms with Gasteiger partial charge in [0.25, 0.3) is 0 Å². The summed E-state index contributed by atoms with van der Waals surface area (Å²) in [5.74, 6) is 1.52. The van der Waals surface area contributed by atoms with Gasteiger partial charge in [-0.05, 0) is 88.5 Å². The molecule has 6 rings (SSSR count). The first-order valence-corrected chi connectivity index (χ1v) is 13.5. The van der Waals surface area contributed by atoms with Crippen molar-refractivity contribution >= 4 is 5.78 Å². The van der Waals surface area contributed by atoms with Crippen LogP contribution < -0.4 is 0 Å². The van der Waals surface area contributed by atoms with Gasteiger partial charge in [-0.15, -0.1) is 0 Å². The average molecular weight is 471 g/mol. The molecule has 2 heterocycles. The lowest BCUT2D eigenvalue weighted by Crippen LogP contribution is -2.60. The Morgan fingerprint density at radius 2 is 1.88 bits per heavy atom. The fraction of sp³-hybridized carbons (Fsp3) is 0.828. The van der Waals surface area contributed by atoms with Crippen LogP contribution in [-0.2, 0) is 19.0 Å². The highest BCUT2D eigenvalue weighted by Gasteiger charge is 2.74. The second kappa shape index (κ2) is 7.06. The minimum absolute atomic E-state index is 0.0215. The zero-order valence-electron chi connectivity index (χ0n) is 21.7.